The first-order chi connectivity index (χ1) is 13.5. The summed E-state index contributed by atoms with van der Waals surface area (Å²) < 4.78 is 1.73. The number of aromatic nitrogens is 5. The van der Waals surface area contributed by atoms with Crippen molar-refractivity contribution in [1.82, 2.24) is 24.7 Å². The summed E-state index contributed by atoms with van der Waals surface area (Å²) in [5.74, 6) is 0.217. The summed E-state index contributed by atoms with van der Waals surface area (Å²) in [6, 6.07) is 7.86. The van der Waals surface area contributed by atoms with E-state index in [1.165, 1.54) is 0 Å². The Hall–Kier alpha value is -3.61. The van der Waals surface area contributed by atoms with Gasteiger partial charge < -0.3 is 5.73 Å². The monoisotopic (exact) mass is 372 g/mol. The third-order valence-electron chi connectivity index (χ3n) is 4.68. The number of pyridine rings is 1. The van der Waals surface area contributed by atoms with Gasteiger partial charge >= 0.3 is 0 Å². The molecule has 0 unspecified atom stereocenters. The Bertz CT molecular complexity index is 1160. The highest BCUT2D eigenvalue weighted by atomic mass is 16.1. The molecule has 0 aliphatic carbocycles. The number of nitrogens with zero attached hydrogens (tertiary/aromatic N) is 5. The van der Waals surface area contributed by atoms with Crippen molar-refractivity contribution in [3.05, 3.63) is 71.7 Å². The molecule has 1 aromatic carbocycles. The van der Waals surface area contributed by atoms with Crippen molar-refractivity contribution in [2.24, 2.45) is 12.8 Å². The third kappa shape index (κ3) is 3.59. The third-order valence-corrected chi connectivity index (χ3v) is 4.68. The van der Waals surface area contributed by atoms with Crippen molar-refractivity contribution in [3.63, 3.8) is 0 Å². The Kier molecular flexibility index (Phi) is 4.57. The van der Waals surface area contributed by atoms with Crippen LogP contribution in [-0.2, 0) is 19.9 Å². The molecule has 28 heavy (non-hydrogen) atoms. The number of carbonyl (C=O) groups excluding carboxylic acids is 1. The molecular weight excluding hydrogens is 352 g/mol. The van der Waals surface area contributed by atoms with E-state index in [0.29, 0.717) is 0 Å². The van der Waals surface area contributed by atoms with Gasteiger partial charge in [-0.25, -0.2) is 15.0 Å². The van der Waals surface area contributed by atoms with Gasteiger partial charge in [-0.1, -0.05) is 12.1 Å². The van der Waals surface area contributed by atoms with Crippen LogP contribution in [0.3, 0.4) is 0 Å². The maximum absolute atomic E-state index is 11.8. The fourth-order valence-corrected chi connectivity index (χ4v) is 3.19. The van der Waals surface area contributed by atoms with Crippen LogP contribution in [0.5, 0.6) is 0 Å². The van der Waals surface area contributed by atoms with Gasteiger partial charge in [-0.2, -0.15) is 5.10 Å². The van der Waals surface area contributed by atoms with Crippen LogP contribution in [0.1, 0.15) is 27.4 Å². The first-order valence-corrected chi connectivity index (χ1v) is 8.99. The van der Waals surface area contributed by atoms with E-state index >= 15 is 0 Å². The molecule has 0 aliphatic heterocycles. The number of amides is 1. The normalized spacial score (nSPS) is 11.1. The SMILES string of the molecule is Cc1ncc(CCc2ccc3c(-c4cnn(C)c4)cc(C(N)=O)nc3c2)cn1. The predicted molar refractivity (Wildman–Crippen MR) is 107 cm³/mol. The maximum Gasteiger partial charge on any atom is 0.267 e. The molecule has 2 N–H and O–H groups in total. The van der Waals surface area contributed by atoms with Crippen molar-refractivity contribution in [3.8, 4) is 11.1 Å². The molecule has 4 aromatic rings. The number of rotatable bonds is 5. The highest BCUT2D eigenvalue weighted by Crippen LogP contribution is 2.29. The molecule has 0 saturated heterocycles. The Balaban J connectivity index is 1.71. The number of primary amides is 1. The van der Waals surface area contributed by atoms with E-state index in [4.69, 9.17) is 5.73 Å². The van der Waals surface area contributed by atoms with E-state index in [-0.39, 0.29) is 5.69 Å². The summed E-state index contributed by atoms with van der Waals surface area (Å²) in [5.41, 5.74) is 10.5. The molecule has 7 heteroatoms. The van der Waals surface area contributed by atoms with Gasteiger partial charge in [0.2, 0.25) is 0 Å². The Morgan fingerprint density at radius 3 is 2.50 bits per heavy atom. The minimum Gasteiger partial charge on any atom is -0.364 e. The largest absolute Gasteiger partial charge is 0.364 e. The van der Waals surface area contributed by atoms with Crippen molar-refractivity contribution < 1.29 is 4.79 Å². The molecule has 0 saturated carbocycles. The summed E-state index contributed by atoms with van der Waals surface area (Å²) in [4.78, 5) is 24.7. The zero-order valence-electron chi connectivity index (χ0n) is 15.8. The minimum absolute atomic E-state index is 0.246. The smallest absolute Gasteiger partial charge is 0.267 e. The lowest BCUT2D eigenvalue weighted by Gasteiger charge is -2.09. The van der Waals surface area contributed by atoms with Crippen LogP contribution in [0, 0.1) is 6.92 Å². The van der Waals surface area contributed by atoms with Gasteiger partial charge in [0.15, 0.2) is 0 Å². The van der Waals surface area contributed by atoms with Crippen molar-refractivity contribution in [1.29, 1.82) is 0 Å². The van der Waals surface area contributed by atoms with Gasteiger partial charge in [0.05, 0.1) is 11.7 Å². The topological polar surface area (TPSA) is 99.6 Å². The molecule has 140 valence electrons. The molecule has 7 nitrogen and oxygen atoms in total. The lowest BCUT2D eigenvalue weighted by atomic mass is 9.99. The van der Waals surface area contributed by atoms with Crippen molar-refractivity contribution in [2.45, 2.75) is 19.8 Å². The van der Waals surface area contributed by atoms with Gasteiger partial charge in [0, 0.05) is 36.6 Å². The molecule has 0 fully saturated rings. The number of carbonyl (C=O) groups is 1. The second-order valence-electron chi connectivity index (χ2n) is 6.81. The van der Waals surface area contributed by atoms with E-state index in [9.17, 15) is 4.79 Å². The van der Waals surface area contributed by atoms with Crippen LogP contribution < -0.4 is 5.73 Å². The van der Waals surface area contributed by atoms with E-state index in [2.05, 4.69) is 26.1 Å². The minimum atomic E-state index is -0.547. The molecule has 4 rings (SSSR count). The lowest BCUT2D eigenvalue weighted by molar-refractivity contribution is 0.0996. The second-order valence-corrected chi connectivity index (χ2v) is 6.81. The summed E-state index contributed by atoms with van der Waals surface area (Å²) >= 11 is 0. The van der Waals surface area contributed by atoms with Gasteiger partial charge in [0.25, 0.3) is 5.91 Å². The standard InChI is InChI=1S/C21H20N6O/c1-13-23-9-15(10-24-13)4-3-14-5-6-17-18(16-11-25-27(2)12-16)8-20(21(22)28)26-19(17)7-14/h5-12H,3-4H2,1-2H3,(H2,22,28). The van der Waals surface area contributed by atoms with E-state index in [0.717, 1.165) is 51.8 Å². The second kappa shape index (κ2) is 7.19. The summed E-state index contributed by atoms with van der Waals surface area (Å²) in [5, 5.41) is 5.19. The number of aryl methyl sites for hydroxylation is 4. The van der Waals surface area contributed by atoms with Crippen molar-refractivity contribution >= 4 is 16.8 Å². The maximum atomic E-state index is 11.8. The van der Waals surface area contributed by atoms with Crippen LogP contribution in [0.4, 0.5) is 0 Å². The number of hydrogen-bond acceptors (Lipinski definition) is 5. The Morgan fingerprint density at radius 1 is 1.07 bits per heavy atom. The summed E-state index contributed by atoms with van der Waals surface area (Å²) in [6.07, 6.45) is 9.04. The van der Waals surface area contributed by atoms with Crippen LogP contribution in [0.15, 0.2) is 49.1 Å². The molecule has 3 heterocycles. The van der Waals surface area contributed by atoms with Gasteiger partial charge in [-0.3, -0.25) is 9.48 Å². The van der Waals surface area contributed by atoms with Crippen LogP contribution in [0.2, 0.25) is 0 Å². The molecule has 0 spiro atoms. The van der Waals surface area contributed by atoms with Crippen molar-refractivity contribution in [2.75, 3.05) is 0 Å². The van der Waals surface area contributed by atoms with Crippen LogP contribution in [-0.4, -0.2) is 30.6 Å². The highest BCUT2D eigenvalue weighted by Gasteiger charge is 2.13. The molecule has 1 amide bonds. The van der Waals surface area contributed by atoms with E-state index < -0.39 is 5.91 Å². The first-order valence-electron chi connectivity index (χ1n) is 8.99. The summed E-state index contributed by atoms with van der Waals surface area (Å²) in [6.45, 7) is 1.87. The first kappa shape index (κ1) is 17.8. The molecule has 0 aliphatic rings. The zero-order chi connectivity index (χ0) is 19.7. The number of benzene rings is 1. The lowest BCUT2D eigenvalue weighted by Crippen LogP contribution is -2.13. The summed E-state index contributed by atoms with van der Waals surface area (Å²) in [7, 11) is 1.86. The van der Waals surface area contributed by atoms with Crippen LogP contribution in [0.25, 0.3) is 22.0 Å². The predicted octanol–water partition coefficient (Wildman–Crippen LogP) is 2.62. The quantitative estimate of drug-likeness (QED) is 0.580. The van der Waals surface area contributed by atoms with E-state index in [1.807, 2.05) is 44.7 Å². The Morgan fingerprint density at radius 2 is 1.82 bits per heavy atom. The molecule has 0 atom stereocenters. The average Bonchev–Trinajstić information content (AvgIpc) is 3.12. The van der Waals surface area contributed by atoms with Gasteiger partial charge in [-0.05, 0) is 48.6 Å². The van der Waals surface area contributed by atoms with E-state index in [1.54, 1.807) is 16.9 Å². The fraction of sp³-hybridized carbons (Fsp3) is 0.190. The highest BCUT2D eigenvalue weighted by molar-refractivity contribution is 6.00. The number of nitrogens with two attached hydrogens (primary N) is 1. The fourth-order valence-electron chi connectivity index (χ4n) is 3.19. The molecule has 0 radical (unpaired) electrons. The number of hydrogen-bond donors (Lipinski definition) is 1. The van der Waals surface area contributed by atoms with Crippen LogP contribution >= 0.6 is 0 Å². The molecule has 0 bridgehead atoms. The van der Waals surface area contributed by atoms with Gasteiger partial charge in [-0.15, -0.1) is 0 Å². The molecule has 3 aromatic heterocycles. The molecular formula is C21H20N6O. The van der Waals surface area contributed by atoms with Gasteiger partial charge in [0.1, 0.15) is 11.5 Å². The number of fused-ring (bicyclic) bond motifs is 1. The Labute approximate surface area is 162 Å². The zero-order valence-corrected chi connectivity index (χ0v) is 15.8. The average molecular weight is 372 g/mol.